The number of nitrogens with zero attached hydrogens (tertiary/aromatic N) is 1. The van der Waals surface area contributed by atoms with E-state index < -0.39 is 11.8 Å². The van der Waals surface area contributed by atoms with E-state index in [1.54, 1.807) is 48.5 Å². The molecule has 0 bridgehead atoms. The van der Waals surface area contributed by atoms with Gasteiger partial charge in [-0.05, 0) is 98.3 Å². The van der Waals surface area contributed by atoms with Gasteiger partial charge in [-0.1, -0.05) is 35.3 Å². The van der Waals surface area contributed by atoms with Gasteiger partial charge in [0.25, 0.3) is 5.91 Å². The molecule has 0 radical (unpaired) electrons. The number of nitrogens with two attached hydrogens (primary N) is 1. The van der Waals surface area contributed by atoms with Gasteiger partial charge < -0.3 is 16.2 Å². The highest BCUT2D eigenvalue weighted by Gasteiger charge is 2.21. The predicted octanol–water partition coefficient (Wildman–Crippen LogP) is 6.27. The first-order valence-electron chi connectivity index (χ1n) is 8.92. The number of anilines is 1. The average molecular weight is 678 g/mol. The fourth-order valence-electron chi connectivity index (χ4n) is 3.05. The summed E-state index contributed by atoms with van der Waals surface area (Å²) in [5, 5.41) is 23.7. The Hall–Kier alpha value is -1.58. The molecule has 0 aliphatic heterocycles. The summed E-state index contributed by atoms with van der Waals surface area (Å²) in [5.41, 5.74) is 8.42. The molecule has 0 aromatic heterocycles. The predicted molar refractivity (Wildman–Crippen MR) is 140 cm³/mol. The van der Waals surface area contributed by atoms with Crippen LogP contribution >= 0.6 is 68.4 Å². The standard InChI is InChI=1S/C22H15Cl2I2N3O2/c23-13-3-1-11(2-4-13)17(10-28)15-5-12(9-27)20(8-18(15)24)29-22(31)16-6-14(25)7-19(26)21(16)30/h1-8,17,30H,9,27H2,(H,29,31). The molecule has 0 saturated carbocycles. The maximum absolute atomic E-state index is 12.8. The van der Waals surface area contributed by atoms with Crippen LogP contribution in [0, 0.1) is 18.5 Å². The van der Waals surface area contributed by atoms with Crippen LogP contribution in [0.5, 0.6) is 5.75 Å². The lowest BCUT2D eigenvalue weighted by Gasteiger charge is -2.17. The Bertz CT molecular complexity index is 1190. The van der Waals surface area contributed by atoms with Gasteiger partial charge in [0.2, 0.25) is 0 Å². The maximum atomic E-state index is 12.8. The van der Waals surface area contributed by atoms with Crippen molar-refractivity contribution >= 4 is 80.0 Å². The molecule has 0 aliphatic rings. The molecule has 0 aliphatic carbocycles. The highest BCUT2D eigenvalue weighted by atomic mass is 127. The second-order valence-corrected chi connectivity index (χ2v) is 9.84. The minimum absolute atomic E-state index is 0.0946. The molecule has 3 aromatic carbocycles. The molecule has 3 aromatic rings. The van der Waals surface area contributed by atoms with Crippen LogP contribution in [0.1, 0.15) is 33.0 Å². The molecule has 5 nitrogen and oxygen atoms in total. The largest absolute Gasteiger partial charge is 0.506 e. The van der Waals surface area contributed by atoms with Crippen molar-refractivity contribution in [2.45, 2.75) is 12.5 Å². The summed E-state index contributed by atoms with van der Waals surface area (Å²) in [7, 11) is 0. The second-order valence-electron chi connectivity index (χ2n) is 6.59. The van der Waals surface area contributed by atoms with Gasteiger partial charge in [-0.25, -0.2) is 0 Å². The molecule has 4 N–H and O–H groups in total. The number of nitrogens with one attached hydrogen (secondary N) is 1. The van der Waals surface area contributed by atoms with E-state index in [0.717, 1.165) is 9.13 Å². The minimum Gasteiger partial charge on any atom is -0.506 e. The molecule has 1 amide bonds. The summed E-state index contributed by atoms with van der Waals surface area (Å²) in [5.74, 6) is -1.20. The monoisotopic (exact) mass is 677 g/mol. The first-order chi connectivity index (χ1) is 14.7. The van der Waals surface area contributed by atoms with Crippen LogP contribution in [0.25, 0.3) is 0 Å². The van der Waals surface area contributed by atoms with E-state index in [1.165, 1.54) is 0 Å². The number of rotatable bonds is 5. The van der Waals surface area contributed by atoms with Crippen molar-refractivity contribution in [2.75, 3.05) is 5.32 Å². The van der Waals surface area contributed by atoms with Gasteiger partial charge in [0.1, 0.15) is 5.75 Å². The van der Waals surface area contributed by atoms with E-state index >= 15 is 0 Å². The van der Waals surface area contributed by atoms with E-state index in [4.69, 9.17) is 28.9 Å². The molecule has 1 unspecified atom stereocenters. The smallest absolute Gasteiger partial charge is 0.259 e. The van der Waals surface area contributed by atoms with E-state index in [1.807, 2.05) is 22.6 Å². The van der Waals surface area contributed by atoms with E-state index in [-0.39, 0.29) is 17.9 Å². The van der Waals surface area contributed by atoms with Crippen molar-refractivity contribution in [3.05, 3.63) is 88.0 Å². The van der Waals surface area contributed by atoms with Gasteiger partial charge in [-0.15, -0.1) is 0 Å². The number of hydrogen-bond acceptors (Lipinski definition) is 4. The molecule has 1 atom stereocenters. The Labute approximate surface area is 216 Å². The first kappa shape index (κ1) is 24.1. The number of amides is 1. The number of aromatic hydroxyl groups is 1. The third-order valence-electron chi connectivity index (χ3n) is 4.61. The number of carbonyl (C=O) groups is 1. The average Bonchev–Trinajstić information content (AvgIpc) is 2.73. The van der Waals surface area contributed by atoms with Crippen molar-refractivity contribution < 1.29 is 9.90 Å². The van der Waals surface area contributed by atoms with Crippen molar-refractivity contribution in [2.24, 2.45) is 5.73 Å². The van der Waals surface area contributed by atoms with Crippen LogP contribution in [0.2, 0.25) is 10.0 Å². The van der Waals surface area contributed by atoms with E-state index in [2.05, 4.69) is 34.0 Å². The van der Waals surface area contributed by atoms with E-state index in [9.17, 15) is 15.2 Å². The lowest BCUT2D eigenvalue weighted by atomic mass is 9.91. The Morgan fingerprint density at radius 2 is 1.84 bits per heavy atom. The van der Waals surface area contributed by atoms with Crippen LogP contribution < -0.4 is 11.1 Å². The number of nitriles is 1. The molecule has 158 valence electrons. The molecule has 9 heteroatoms. The SMILES string of the molecule is N#CC(c1ccc(Cl)cc1)c1cc(CN)c(NC(=O)c2cc(I)cc(I)c2O)cc1Cl. The number of hydrogen-bond donors (Lipinski definition) is 3. The highest BCUT2D eigenvalue weighted by molar-refractivity contribution is 14.1. The summed E-state index contributed by atoms with van der Waals surface area (Å²) in [6.07, 6.45) is 0. The van der Waals surface area contributed by atoms with Gasteiger partial charge in [0.05, 0.1) is 21.1 Å². The molecular weight excluding hydrogens is 663 g/mol. The number of halogens is 4. The summed E-state index contributed by atoms with van der Waals surface area (Å²) in [6.45, 7) is 0.119. The fraction of sp³-hybridized carbons (Fsp3) is 0.0909. The lowest BCUT2D eigenvalue weighted by Crippen LogP contribution is -2.16. The van der Waals surface area contributed by atoms with Gasteiger partial charge in [0.15, 0.2) is 0 Å². The zero-order valence-corrected chi connectivity index (χ0v) is 21.6. The fourth-order valence-corrected chi connectivity index (χ4v) is 5.29. The van der Waals surface area contributed by atoms with Gasteiger partial charge >= 0.3 is 0 Å². The van der Waals surface area contributed by atoms with Crippen LogP contribution in [0.3, 0.4) is 0 Å². The Morgan fingerprint density at radius 1 is 1.16 bits per heavy atom. The quantitative estimate of drug-likeness (QED) is 0.277. The maximum Gasteiger partial charge on any atom is 0.259 e. The molecule has 0 fully saturated rings. The summed E-state index contributed by atoms with van der Waals surface area (Å²) >= 11 is 16.5. The van der Waals surface area contributed by atoms with Gasteiger partial charge in [-0.3, -0.25) is 4.79 Å². The van der Waals surface area contributed by atoms with Crippen molar-refractivity contribution in [3.63, 3.8) is 0 Å². The summed E-state index contributed by atoms with van der Waals surface area (Å²) in [6, 6.07) is 15.9. The molecular formula is C22H15Cl2I2N3O2. The lowest BCUT2D eigenvalue weighted by molar-refractivity contribution is 0.102. The minimum atomic E-state index is -0.624. The van der Waals surface area contributed by atoms with Crippen LogP contribution in [-0.2, 0) is 6.54 Å². The van der Waals surface area contributed by atoms with Crippen molar-refractivity contribution in [1.82, 2.24) is 0 Å². The number of benzene rings is 3. The zero-order chi connectivity index (χ0) is 22.7. The van der Waals surface area contributed by atoms with Gasteiger partial charge in [-0.2, -0.15) is 5.26 Å². The Balaban J connectivity index is 1.99. The number of carbonyl (C=O) groups excluding carboxylic acids is 1. The van der Waals surface area contributed by atoms with Crippen LogP contribution in [0.4, 0.5) is 5.69 Å². The van der Waals surface area contributed by atoms with Crippen LogP contribution in [0.15, 0.2) is 48.5 Å². The normalized spacial score (nSPS) is 11.6. The zero-order valence-electron chi connectivity index (χ0n) is 15.8. The molecule has 0 heterocycles. The summed E-state index contributed by atoms with van der Waals surface area (Å²) in [4.78, 5) is 12.8. The topological polar surface area (TPSA) is 99.1 Å². The van der Waals surface area contributed by atoms with E-state index in [0.29, 0.717) is 30.4 Å². The highest BCUT2D eigenvalue weighted by Crippen LogP contribution is 2.35. The third kappa shape index (κ3) is 5.43. The molecule has 3 rings (SSSR count). The number of phenolic OH excluding ortho intramolecular Hbond substituents is 1. The summed E-state index contributed by atoms with van der Waals surface area (Å²) < 4.78 is 1.39. The number of phenols is 1. The third-order valence-corrected chi connectivity index (χ3v) is 6.63. The molecule has 31 heavy (non-hydrogen) atoms. The molecule has 0 spiro atoms. The van der Waals surface area contributed by atoms with Crippen molar-refractivity contribution in [3.8, 4) is 11.8 Å². The molecule has 0 saturated heterocycles. The van der Waals surface area contributed by atoms with Crippen LogP contribution in [-0.4, -0.2) is 11.0 Å². The Kier molecular flexibility index (Phi) is 8.04. The van der Waals surface area contributed by atoms with Gasteiger partial charge in [0, 0.05) is 25.8 Å². The van der Waals surface area contributed by atoms with Crippen molar-refractivity contribution in [1.29, 1.82) is 5.26 Å². The first-order valence-corrected chi connectivity index (χ1v) is 11.8. The second kappa shape index (κ2) is 10.4. The Morgan fingerprint density at radius 3 is 2.45 bits per heavy atom.